The number of rotatable bonds is 6. The van der Waals surface area contributed by atoms with Crippen molar-refractivity contribution in [3.63, 3.8) is 0 Å². The molecule has 1 aliphatic heterocycles. The van der Waals surface area contributed by atoms with E-state index in [-0.39, 0.29) is 18.3 Å². The van der Waals surface area contributed by atoms with Crippen LogP contribution >= 0.6 is 11.3 Å². The smallest absolute Gasteiger partial charge is 0.341 e. The van der Waals surface area contributed by atoms with Crippen LogP contribution in [0.15, 0.2) is 64.3 Å². The van der Waals surface area contributed by atoms with E-state index < -0.39 is 28.4 Å². The number of thiophene rings is 1. The monoisotopic (exact) mass is 437 g/mol. The Morgan fingerprint density at radius 3 is 2.65 bits per heavy atom. The predicted octanol–water partition coefficient (Wildman–Crippen LogP) is 4.80. The number of nitrogens with one attached hydrogen (secondary N) is 1. The number of phenols is 1. The van der Waals surface area contributed by atoms with Crippen LogP contribution in [0.3, 0.4) is 0 Å². The van der Waals surface area contributed by atoms with E-state index in [1.807, 2.05) is 47.2 Å². The molecule has 0 spiro atoms. The maximum atomic E-state index is 12.5. The minimum absolute atomic E-state index is 0.00575. The van der Waals surface area contributed by atoms with Gasteiger partial charge in [-0.1, -0.05) is 30.3 Å². The summed E-state index contributed by atoms with van der Waals surface area (Å²) in [5.41, 5.74) is 2.24. The summed E-state index contributed by atoms with van der Waals surface area (Å²) in [5.74, 6) is -0.930. The Morgan fingerprint density at radius 1 is 1.23 bits per heavy atom. The van der Waals surface area contributed by atoms with Gasteiger partial charge < -0.3 is 15.2 Å². The number of ether oxygens (including phenoxy) is 1. The van der Waals surface area contributed by atoms with Gasteiger partial charge in [-0.2, -0.15) is 16.3 Å². The Kier molecular flexibility index (Phi) is 5.68. The second-order valence-electron chi connectivity index (χ2n) is 6.90. The molecule has 2 aromatic carbocycles. The molecule has 2 N–H and O–H groups in total. The van der Waals surface area contributed by atoms with Crippen LogP contribution < -0.4 is 10.1 Å². The normalized spacial score (nSPS) is 18.2. The van der Waals surface area contributed by atoms with E-state index >= 15 is 0 Å². The molecule has 2 amide bonds. The van der Waals surface area contributed by atoms with Crippen molar-refractivity contribution in [1.29, 1.82) is 0 Å². The number of aliphatic imine (C=N–C) groups is 1. The summed E-state index contributed by atoms with van der Waals surface area (Å²) in [6, 6.07) is 12.9. The molecule has 9 heteroatoms. The molecule has 158 valence electrons. The van der Waals surface area contributed by atoms with Gasteiger partial charge >= 0.3 is 11.7 Å². The lowest BCUT2D eigenvalue weighted by atomic mass is 9.81. The van der Waals surface area contributed by atoms with Gasteiger partial charge in [-0.3, -0.25) is 10.1 Å². The molecule has 4 rings (SSSR count). The molecular formula is C22H19N3O5S. The third-order valence-electron chi connectivity index (χ3n) is 5.03. The summed E-state index contributed by atoms with van der Waals surface area (Å²) in [6.45, 7) is 1.94. The van der Waals surface area contributed by atoms with Gasteiger partial charge in [-0.15, -0.1) is 0 Å². The molecule has 8 nitrogen and oxygen atoms in total. The number of phenolic OH excluding ortho intramolecular Hbond substituents is 1. The zero-order valence-electron chi connectivity index (χ0n) is 16.5. The summed E-state index contributed by atoms with van der Waals surface area (Å²) >= 11 is 1.51. The standard InChI is InChI=1S/C22H19N3O5S/c1-2-30-17-11-15(10-16(21(17)26)25(28)29)20-18(14-8-9-31-12-14)19(23-22(27)24-20)13-6-4-3-5-7-13/h3-12,18,20,26H,2H2,1H3,(H,24,27)/t18?,20-/m0/s1. The lowest BCUT2D eigenvalue weighted by Gasteiger charge is -2.32. The molecule has 1 aliphatic rings. The van der Waals surface area contributed by atoms with Gasteiger partial charge in [-0.05, 0) is 46.5 Å². The number of carbonyl (C=O) groups excluding carboxylic acids is 1. The Labute approximate surface area is 182 Å². The lowest BCUT2D eigenvalue weighted by Crippen LogP contribution is -2.39. The number of nitro benzene ring substituents is 1. The van der Waals surface area contributed by atoms with Crippen LogP contribution in [0, 0.1) is 10.1 Å². The van der Waals surface area contributed by atoms with E-state index in [0.717, 1.165) is 11.1 Å². The fraction of sp³-hybridized carbons (Fsp3) is 0.182. The fourth-order valence-electron chi connectivity index (χ4n) is 3.71. The average Bonchev–Trinajstić information content (AvgIpc) is 3.29. The van der Waals surface area contributed by atoms with Crippen LogP contribution in [0.5, 0.6) is 11.5 Å². The van der Waals surface area contributed by atoms with Gasteiger partial charge in [-0.25, -0.2) is 4.79 Å². The lowest BCUT2D eigenvalue weighted by molar-refractivity contribution is -0.386. The molecule has 1 aromatic heterocycles. The number of nitro groups is 1. The zero-order chi connectivity index (χ0) is 22.0. The molecule has 0 aliphatic carbocycles. The first-order valence-corrected chi connectivity index (χ1v) is 10.5. The quantitative estimate of drug-likeness (QED) is 0.425. The third-order valence-corrected chi connectivity index (χ3v) is 5.74. The van der Waals surface area contributed by atoms with Crippen molar-refractivity contribution in [2.45, 2.75) is 18.9 Å². The van der Waals surface area contributed by atoms with Gasteiger partial charge in [0.05, 0.1) is 29.2 Å². The predicted molar refractivity (Wildman–Crippen MR) is 117 cm³/mol. The van der Waals surface area contributed by atoms with E-state index in [2.05, 4.69) is 10.3 Å². The summed E-state index contributed by atoms with van der Waals surface area (Å²) in [7, 11) is 0. The van der Waals surface area contributed by atoms with Crippen LogP contribution in [0.2, 0.25) is 0 Å². The molecule has 3 aromatic rings. The number of nitrogens with zero attached hydrogens (tertiary/aromatic N) is 2. The summed E-state index contributed by atoms with van der Waals surface area (Å²) < 4.78 is 5.43. The SMILES string of the molecule is CCOc1cc([C@@H]2NC(=O)N=C(c3ccccc3)C2c2ccsc2)cc([N+](=O)[O-])c1O. The number of carbonyl (C=O) groups is 1. The number of hydrogen-bond acceptors (Lipinski definition) is 6. The second kappa shape index (κ2) is 8.57. The van der Waals surface area contributed by atoms with Gasteiger partial charge in [0, 0.05) is 6.07 Å². The average molecular weight is 437 g/mol. The minimum atomic E-state index is -0.669. The van der Waals surface area contributed by atoms with Crippen molar-refractivity contribution in [3.8, 4) is 11.5 Å². The van der Waals surface area contributed by atoms with Crippen molar-refractivity contribution in [3.05, 3.63) is 86.1 Å². The first kappa shape index (κ1) is 20.5. The molecule has 0 bridgehead atoms. The first-order chi connectivity index (χ1) is 15.0. The summed E-state index contributed by atoms with van der Waals surface area (Å²) in [4.78, 5) is 27.7. The summed E-state index contributed by atoms with van der Waals surface area (Å²) in [5, 5.41) is 28.6. The van der Waals surface area contributed by atoms with E-state index in [1.54, 1.807) is 6.92 Å². The highest BCUT2D eigenvalue weighted by Crippen LogP contribution is 2.44. The molecule has 2 atom stereocenters. The number of hydrogen-bond donors (Lipinski definition) is 2. The van der Waals surface area contributed by atoms with E-state index in [4.69, 9.17) is 4.74 Å². The molecule has 0 fully saturated rings. The van der Waals surface area contributed by atoms with Crippen molar-refractivity contribution in [1.82, 2.24) is 5.32 Å². The highest BCUT2D eigenvalue weighted by molar-refractivity contribution is 7.08. The number of amides is 2. The van der Waals surface area contributed by atoms with Crippen LogP contribution in [0.4, 0.5) is 10.5 Å². The Morgan fingerprint density at radius 2 is 2.00 bits per heavy atom. The first-order valence-electron chi connectivity index (χ1n) is 9.60. The Balaban J connectivity index is 1.90. The highest BCUT2D eigenvalue weighted by atomic mass is 32.1. The van der Waals surface area contributed by atoms with Gasteiger partial charge in [0.1, 0.15) is 0 Å². The molecule has 2 heterocycles. The van der Waals surface area contributed by atoms with E-state index in [9.17, 15) is 20.0 Å². The van der Waals surface area contributed by atoms with E-state index in [0.29, 0.717) is 11.3 Å². The number of aromatic hydroxyl groups is 1. The van der Waals surface area contributed by atoms with Crippen LogP contribution in [0.1, 0.15) is 35.6 Å². The fourth-order valence-corrected chi connectivity index (χ4v) is 4.41. The molecular weight excluding hydrogens is 418 g/mol. The molecule has 1 unspecified atom stereocenters. The highest BCUT2D eigenvalue weighted by Gasteiger charge is 2.37. The van der Waals surface area contributed by atoms with Crippen molar-refractivity contribution < 1.29 is 19.6 Å². The minimum Gasteiger partial charge on any atom is -0.500 e. The van der Waals surface area contributed by atoms with E-state index in [1.165, 1.54) is 23.5 Å². The topological polar surface area (TPSA) is 114 Å². The van der Waals surface area contributed by atoms with Crippen molar-refractivity contribution in [2.75, 3.05) is 6.61 Å². The van der Waals surface area contributed by atoms with Crippen LogP contribution in [-0.2, 0) is 0 Å². The van der Waals surface area contributed by atoms with Gasteiger partial charge in [0.2, 0.25) is 5.75 Å². The van der Waals surface area contributed by atoms with Gasteiger partial charge in [0.25, 0.3) is 0 Å². The third kappa shape index (κ3) is 3.99. The molecule has 0 saturated carbocycles. The maximum absolute atomic E-state index is 12.5. The maximum Gasteiger partial charge on any atom is 0.341 e. The second-order valence-corrected chi connectivity index (χ2v) is 7.68. The van der Waals surface area contributed by atoms with Crippen molar-refractivity contribution in [2.24, 2.45) is 4.99 Å². The van der Waals surface area contributed by atoms with Crippen LogP contribution in [-0.4, -0.2) is 28.4 Å². The van der Waals surface area contributed by atoms with Crippen LogP contribution in [0.25, 0.3) is 0 Å². The Hall–Kier alpha value is -3.72. The molecule has 0 radical (unpaired) electrons. The van der Waals surface area contributed by atoms with Gasteiger partial charge in [0.15, 0.2) is 5.75 Å². The zero-order valence-corrected chi connectivity index (χ0v) is 17.3. The Bertz CT molecular complexity index is 1150. The molecule has 31 heavy (non-hydrogen) atoms. The largest absolute Gasteiger partial charge is 0.500 e. The number of benzene rings is 2. The number of urea groups is 1. The van der Waals surface area contributed by atoms with Crippen molar-refractivity contribution >= 4 is 28.8 Å². The molecule has 0 saturated heterocycles. The summed E-state index contributed by atoms with van der Waals surface area (Å²) in [6.07, 6.45) is 0.